The largest absolute Gasteiger partial charge is 0.726 e. The SMILES string of the molecule is CC(C)c1ccc(-[n+]2c3cc(O)c(=O)cc-3oc3cc(O)c(O)cc32)cc1.O=S(=O)([O-])O. The number of benzene rings is 3. The van der Waals surface area contributed by atoms with Crippen molar-refractivity contribution in [1.29, 1.82) is 0 Å². The van der Waals surface area contributed by atoms with Gasteiger partial charge in [-0.25, -0.2) is 8.42 Å². The van der Waals surface area contributed by atoms with E-state index in [2.05, 4.69) is 13.8 Å². The van der Waals surface area contributed by atoms with Crippen LogP contribution in [0.25, 0.3) is 28.2 Å². The number of nitrogens with zero attached hydrogens (tertiary/aromatic N) is 1. The van der Waals surface area contributed by atoms with Crippen LogP contribution in [0.15, 0.2) is 57.7 Å². The van der Waals surface area contributed by atoms with Crippen LogP contribution in [-0.4, -0.2) is 32.8 Å². The molecule has 0 fully saturated rings. The van der Waals surface area contributed by atoms with Gasteiger partial charge in [-0.1, -0.05) is 26.0 Å². The number of fused-ring (bicyclic) bond motifs is 2. The van der Waals surface area contributed by atoms with Crippen molar-refractivity contribution in [2.45, 2.75) is 19.8 Å². The van der Waals surface area contributed by atoms with Crippen LogP contribution in [0, 0.1) is 0 Å². The van der Waals surface area contributed by atoms with Crippen molar-refractivity contribution in [1.82, 2.24) is 0 Å². The van der Waals surface area contributed by atoms with E-state index in [1.807, 2.05) is 24.3 Å². The molecule has 0 bridgehead atoms. The molecule has 4 rings (SSSR count). The summed E-state index contributed by atoms with van der Waals surface area (Å²) < 4.78 is 40.3. The van der Waals surface area contributed by atoms with E-state index in [9.17, 15) is 20.1 Å². The van der Waals surface area contributed by atoms with E-state index in [1.54, 1.807) is 4.57 Å². The predicted molar refractivity (Wildman–Crippen MR) is 112 cm³/mol. The highest BCUT2D eigenvalue weighted by Crippen LogP contribution is 2.33. The molecule has 32 heavy (non-hydrogen) atoms. The minimum atomic E-state index is -4.92. The van der Waals surface area contributed by atoms with Gasteiger partial charge in [0.25, 0.3) is 11.2 Å². The third kappa shape index (κ3) is 4.97. The Morgan fingerprint density at radius 1 is 0.938 bits per heavy atom. The molecular formula is C21H19NO9S. The molecule has 1 aliphatic carbocycles. The van der Waals surface area contributed by atoms with E-state index in [1.165, 1.54) is 29.8 Å². The summed E-state index contributed by atoms with van der Waals surface area (Å²) in [5, 5.41) is 29.7. The smallest absolute Gasteiger partial charge is 0.258 e. The summed E-state index contributed by atoms with van der Waals surface area (Å²) in [6.07, 6.45) is 0. The van der Waals surface area contributed by atoms with E-state index in [0.717, 1.165) is 5.69 Å². The van der Waals surface area contributed by atoms with Crippen molar-refractivity contribution >= 4 is 21.5 Å². The van der Waals surface area contributed by atoms with Crippen molar-refractivity contribution < 1.29 is 41.8 Å². The van der Waals surface area contributed by atoms with Crippen LogP contribution in [0.3, 0.4) is 0 Å². The molecule has 10 nitrogen and oxygen atoms in total. The highest BCUT2D eigenvalue weighted by atomic mass is 32.3. The zero-order valence-corrected chi connectivity index (χ0v) is 17.7. The van der Waals surface area contributed by atoms with Crippen LogP contribution in [0.4, 0.5) is 0 Å². The molecule has 1 heterocycles. The van der Waals surface area contributed by atoms with Crippen LogP contribution in [0.1, 0.15) is 25.3 Å². The van der Waals surface area contributed by atoms with Gasteiger partial charge in [0.05, 0.1) is 12.1 Å². The standard InChI is InChI=1S/C21H17NO5.H2O4S/c1-11(2)12-3-5-13(6-4-12)22-14-7-16(23)18(25)9-20(14)27-21-10-19(26)17(24)8-15(21)22;1-5(2,3)4/h3-11H,1-2H3,(H2,23,24,25,26);(H2,1,2,3,4). The van der Waals surface area contributed by atoms with Crippen molar-refractivity contribution in [2.24, 2.45) is 0 Å². The predicted octanol–water partition coefficient (Wildman–Crippen LogP) is 2.42. The van der Waals surface area contributed by atoms with Gasteiger partial charge < -0.3 is 24.3 Å². The van der Waals surface area contributed by atoms with Crippen LogP contribution < -0.4 is 10.00 Å². The fourth-order valence-corrected chi connectivity index (χ4v) is 3.13. The van der Waals surface area contributed by atoms with Gasteiger partial charge in [-0.05, 0) is 11.5 Å². The van der Waals surface area contributed by atoms with Gasteiger partial charge in [0.2, 0.25) is 32.9 Å². The number of phenolic OH excluding ortho intramolecular Hbond substituents is 3. The summed E-state index contributed by atoms with van der Waals surface area (Å²) in [4.78, 5) is 11.8. The Balaban J connectivity index is 0.000000523. The molecule has 0 amide bonds. The Kier molecular flexibility index (Phi) is 6.08. The van der Waals surface area contributed by atoms with Gasteiger partial charge in [0.15, 0.2) is 17.2 Å². The zero-order chi connectivity index (χ0) is 23.8. The second-order valence-corrected chi connectivity index (χ2v) is 8.06. The monoisotopic (exact) mass is 461 g/mol. The van der Waals surface area contributed by atoms with Gasteiger partial charge in [-0.3, -0.25) is 9.35 Å². The minimum Gasteiger partial charge on any atom is -0.726 e. The fraction of sp³-hybridized carbons (Fsp3) is 0.143. The maximum absolute atomic E-state index is 11.8. The average molecular weight is 461 g/mol. The Bertz CT molecular complexity index is 1420. The first-order chi connectivity index (χ1) is 14.8. The van der Waals surface area contributed by atoms with Gasteiger partial charge in [-0.2, -0.15) is 0 Å². The lowest BCUT2D eigenvalue weighted by Crippen LogP contribution is -2.35. The zero-order valence-electron chi connectivity index (χ0n) is 16.9. The molecule has 168 valence electrons. The van der Waals surface area contributed by atoms with E-state index in [0.29, 0.717) is 17.1 Å². The average Bonchev–Trinajstić information content (AvgIpc) is 2.68. The van der Waals surface area contributed by atoms with E-state index in [4.69, 9.17) is 21.9 Å². The Morgan fingerprint density at radius 2 is 1.50 bits per heavy atom. The van der Waals surface area contributed by atoms with E-state index >= 15 is 0 Å². The topological polar surface area (TPSA) is 172 Å². The maximum atomic E-state index is 11.8. The lowest BCUT2D eigenvalue weighted by atomic mass is 10.0. The summed E-state index contributed by atoms with van der Waals surface area (Å²) in [6, 6.07) is 13.0. The first-order valence-corrected chi connectivity index (χ1v) is 10.6. The van der Waals surface area contributed by atoms with Gasteiger partial charge in [0, 0.05) is 24.3 Å². The van der Waals surface area contributed by atoms with Crippen LogP contribution in [0.5, 0.6) is 17.2 Å². The molecule has 1 aliphatic heterocycles. The molecular weight excluding hydrogens is 442 g/mol. The summed E-state index contributed by atoms with van der Waals surface area (Å²) in [5.74, 6) is -0.394. The molecule has 0 saturated heterocycles. The third-order valence-corrected chi connectivity index (χ3v) is 4.62. The van der Waals surface area contributed by atoms with Crippen molar-refractivity contribution in [3.8, 4) is 34.4 Å². The van der Waals surface area contributed by atoms with Gasteiger partial charge in [0.1, 0.15) is 0 Å². The third-order valence-electron chi connectivity index (χ3n) is 4.62. The summed E-state index contributed by atoms with van der Waals surface area (Å²) in [6.45, 7) is 4.20. The highest BCUT2D eigenvalue weighted by molar-refractivity contribution is 7.79. The number of phenols is 3. The van der Waals surface area contributed by atoms with E-state index < -0.39 is 21.6 Å². The fourth-order valence-electron chi connectivity index (χ4n) is 3.13. The van der Waals surface area contributed by atoms with Crippen molar-refractivity contribution in [3.63, 3.8) is 0 Å². The molecule has 0 radical (unpaired) electrons. The quantitative estimate of drug-likeness (QED) is 0.115. The highest BCUT2D eigenvalue weighted by Gasteiger charge is 2.28. The molecule has 4 N–H and O–H groups in total. The summed E-state index contributed by atoms with van der Waals surface area (Å²) in [5.41, 5.74) is 2.59. The second-order valence-electron chi connectivity index (χ2n) is 7.21. The van der Waals surface area contributed by atoms with Crippen LogP contribution in [-0.2, 0) is 10.4 Å². The normalized spacial score (nSPS) is 11.5. The molecule has 0 saturated carbocycles. The van der Waals surface area contributed by atoms with E-state index in [-0.39, 0.29) is 22.8 Å². The molecule has 0 aromatic heterocycles. The lowest BCUT2D eigenvalue weighted by Gasteiger charge is -2.10. The molecule has 2 aliphatic rings. The number of rotatable bonds is 2. The molecule has 0 spiro atoms. The molecule has 11 heteroatoms. The number of hydrogen-bond donors (Lipinski definition) is 4. The van der Waals surface area contributed by atoms with Gasteiger partial charge >= 0.3 is 0 Å². The number of hydrogen-bond acceptors (Lipinski definition) is 8. The summed E-state index contributed by atoms with van der Waals surface area (Å²) in [7, 11) is -4.92. The first kappa shape index (κ1) is 23.0. The minimum absolute atomic E-state index is 0.253. The Morgan fingerprint density at radius 3 is 2.06 bits per heavy atom. The van der Waals surface area contributed by atoms with Crippen molar-refractivity contribution in [2.75, 3.05) is 0 Å². The number of aromatic hydroxyl groups is 3. The first-order valence-electron chi connectivity index (χ1n) is 9.21. The number of aromatic nitrogens is 1. The molecule has 0 unspecified atom stereocenters. The van der Waals surface area contributed by atoms with Gasteiger partial charge in [-0.15, -0.1) is 4.57 Å². The summed E-state index contributed by atoms with van der Waals surface area (Å²) >= 11 is 0. The lowest BCUT2D eigenvalue weighted by molar-refractivity contribution is -0.557. The molecule has 2 aromatic rings. The molecule has 0 atom stereocenters. The maximum Gasteiger partial charge on any atom is 0.258 e. The van der Waals surface area contributed by atoms with Crippen molar-refractivity contribution in [3.05, 3.63) is 64.3 Å². The van der Waals surface area contributed by atoms with Crippen LogP contribution in [0.2, 0.25) is 0 Å². The Hall–Kier alpha value is -3.67. The van der Waals surface area contributed by atoms with Crippen LogP contribution >= 0.6 is 0 Å². The second kappa shape index (κ2) is 8.46. The molecule has 2 aromatic carbocycles. The Labute approximate surface area is 182 Å².